The van der Waals surface area contributed by atoms with Crippen LogP contribution in [0.25, 0.3) is 0 Å². The molecule has 0 fully saturated rings. The molecule has 20 heavy (non-hydrogen) atoms. The first-order chi connectivity index (χ1) is 9.36. The Kier molecular flexibility index (Phi) is 4.08. The minimum absolute atomic E-state index is 0.181. The fourth-order valence-corrected chi connectivity index (χ4v) is 1.86. The van der Waals surface area contributed by atoms with Crippen LogP contribution in [0.2, 0.25) is 0 Å². The highest BCUT2D eigenvalue weighted by atomic mass is 19.4. The highest BCUT2D eigenvalue weighted by molar-refractivity contribution is 5.17. The molecule has 0 saturated heterocycles. The van der Waals surface area contributed by atoms with Crippen LogP contribution in [0.1, 0.15) is 17.0 Å². The molecule has 0 unspecified atom stereocenters. The van der Waals surface area contributed by atoms with Crippen molar-refractivity contribution in [2.24, 2.45) is 7.05 Å². The fraction of sp³-hybridized carbons (Fsp3) is 0.308. The largest absolute Gasteiger partial charge is 0.433 e. The van der Waals surface area contributed by atoms with Gasteiger partial charge in [-0.2, -0.15) is 18.3 Å². The summed E-state index contributed by atoms with van der Waals surface area (Å²) in [5.74, 6) is -0.346. The zero-order valence-corrected chi connectivity index (χ0v) is 10.7. The maximum atomic E-state index is 12.9. The van der Waals surface area contributed by atoms with E-state index in [0.717, 1.165) is 16.3 Å². The molecular weight excluding hydrogens is 274 g/mol. The van der Waals surface area contributed by atoms with Gasteiger partial charge in [0.15, 0.2) is 0 Å². The van der Waals surface area contributed by atoms with Gasteiger partial charge in [-0.15, -0.1) is 0 Å². The highest BCUT2D eigenvalue weighted by Crippen LogP contribution is 2.29. The predicted molar refractivity (Wildman–Crippen MR) is 65.2 cm³/mol. The van der Waals surface area contributed by atoms with Gasteiger partial charge in [-0.05, 0) is 23.8 Å². The Morgan fingerprint density at radius 2 is 1.95 bits per heavy atom. The van der Waals surface area contributed by atoms with E-state index in [0.29, 0.717) is 6.54 Å². The molecule has 0 aliphatic rings. The first-order valence-corrected chi connectivity index (χ1v) is 5.91. The third-order valence-corrected chi connectivity index (χ3v) is 2.75. The molecule has 1 heterocycles. The van der Waals surface area contributed by atoms with Crippen LogP contribution in [-0.4, -0.2) is 9.78 Å². The maximum absolute atomic E-state index is 12.9. The number of alkyl halides is 3. The second kappa shape index (κ2) is 5.62. The smallest absolute Gasteiger partial charge is 0.307 e. The lowest BCUT2D eigenvalue weighted by Crippen LogP contribution is -2.13. The molecule has 7 heteroatoms. The molecule has 108 valence electrons. The van der Waals surface area contributed by atoms with Crippen molar-refractivity contribution in [1.82, 2.24) is 15.1 Å². The van der Waals surface area contributed by atoms with Crippen molar-refractivity contribution >= 4 is 0 Å². The molecule has 3 nitrogen and oxygen atoms in total. The Balaban J connectivity index is 1.95. The van der Waals surface area contributed by atoms with Gasteiger partial charge in [0.2, 0.25) is 0 Å². The van der Waals surface area contributed by atoms with E-state index >= 15 is 0 Å². The summed E-state index contributed by atoms with van der Waals surface area (Å²) in [6, 6.07) is 7.01. The lowest BCUT2D eigenvalue weighted by atomic mass is 10.2. The van der Waals surface area contributed by atoms with Gasteiger partial charge >= 0.3 is 6.18 Å². The second-order valence-corrected chi connectivity index (χ2v) is 4.38. The van der Waals surface area contributed by atoms with E-state index in [2.05, 4.69) is 10.4 Å². The number of aryl methyl sites for hydroxylation is 1. The van der Waals surface area contributed by atoms with Gasteiger partial charge in [0.1, 0.15) is 11.5 Å². The van der Waals surface area contributed by atoms with Gasteiger partial charge in [0.05, 0.1) is 5.69 Å². The number of hydrogen-bond acceptors (Lipinski definition) is 2. The van der Waals surface area contributed by atoms with Gasteiger partial charge in [0, 0.05) is 20.1 Å². The van der Waals surface area contributed by atoms with Crippen LogP contribution >= 0.6 is 0 Å². The summed E-state index contributed by atoms with van der Waals surface area (Å²) in [4.78, 5) is 0. The van der Waals surface area contributed by atoms with E-state index in [4.69, 9.17) is 0 Å². The molecule has 0 saturated carbocycles. The third kappa shape index (κ3) is 3.57. The molecule has 2 aromatic rings. The molecule has 1 aromatic heterocycles. The molecule has 0 aliphatic heterocycles. The van der Waals surface area contributed by atoms with Crippen molar-refractivity contribution in [2.45, 2.75) is 19.3 Å². The monoisotopic (exact) mass is 287 g/mol. The number of nitrogens with zero attached hydrogens (tertiary/aromatic N) is 2. The van der Waals surface area contributed by atoms with Gasteiger partial charge in [-0.25, -0.2) is 4.39 Å². The second-order valence-electron chi connectivity index (χ2n) is 4.38. The quantitative estimate of drug-likeness (QED) is 0.876. The lowest BCUT2D eigenvalue weighted by molar-refractivity contribution is -0.143. The Morgan fingerprint density at radius 3 is 2.55 bits per heavy atom. The number of halogens is 4. The van der Waals surface area contributed by atoms with E-state index in [-0.39, 0.29) is 18.1 Å². The molecule has 2 rings (SSSR count). The molecule has 0 aliphatic carbocycles. The molecule has 0 amide bonds. The lowest BCUT2D eigenvalue weighted by Gasteiger charge is -2.04. The van der Waals surface area contributed by atoms with Crippen molar-refractivity contribution in [3.8, 4) is 0 Å². The van der Waals surface area contributed by atoms with Crippen molar-refractivity contribution in [1.29, 1.82) is 0 Å². The topological polar surface area (TPSA) is 29.9 Å². The zero-order chi connectivity index (χ0) is 14.8. The Bertz CT molecular complexity index is 590. The normalized spacial score (nSPS) is 11.8. The maximum Gasteiger partial charge on any atom is 0.433 e. The van der Waals surface area contributed by atoms with Crippen molar-refractivity contribution in [3.63, 3.8) is 0 Å². The zero-order valence-electron chi connectivity index (χ0n) is 10.7. The molecule has 0 atom stereocenters. The van der Waals surface area contributed by atoms with E-state index in [9.17, 15) is 17.6 Å². The highest BCUT2D eigenvalue weighted by Gasteiger charge is 2.34. The Morgan fingerprint density at radius 1 is 1.20 bits per heavy atom. The van der Waals surface area contributed by atoms with Gasteiger partial charge in [-0.1, -0.05) is 12.1 Å². The Hall–Kier alpha value is -1.89. The number of hydrogen-bond donors (Lipinski definition) is 1. The summed E-state index contributed by atoms with van der Waals surface area (Å²) in [6.45, 7) is 0.538. The summed E-state index contributed by atoms with van der Waals surface area (Å²) in [7, 11) is 1.25. The van der Waals surface area contributed by atoms with Crippen LogP contribution in [-0.2, 0) is 26.3 Å². The molecule has 1 N–H and O–H groups in total. The minimum Gasteiger partial charge on any atom is -0.307 e. The predicted octanol–water partition coefficient (Wildman–Crippen LogP) is 2.87. The van der Waals surface area contributed by atoms with E-state index in [1.807, 2.05) is 0 Å². The van der Waals surface area contributed by atoms with Crippen LogP contribution in [0.3, 0.4) is 0 Å². The van der Waals surface area contributed by atoms with Crippen molar-refractivity contribution in [3.05, 3.63) is 53.1 Å². The first-order valence-electron chi connectivity index (χ1n) is 5.91. The van der Waals surface area contributed by atoms with E-state index in [1.54, 1.807) is 12.1 Å². The van der Waals surface area contributed by atoms with Crippen molar-refractivity contribution in [2.75, 3.05) is 0 Å². The summed E-state index contributed by atoms with van der Waals surface area (Å²) in [5.41, 5.74) is 0.216. The van der Waals surface area contributed by atoms with Gasteiger partial charge in [-0.3, -0.25) is 4.68 Å². The van der Waals surface area contributed by atoms with E-state index < -0.39 is 11.9 Å². The summed E-state index contributed by atoms with van der Waals surface area (Å²) < 4.78 is 51.5. The summed E-state index contributed by atoms with van der Waals surface area (Å²) in [6.07, 6.45) is -4.41. The number of aromatic nitrogens is 2. The number of nitrogens with one attached hydrogen (secondary N) is 1. The third-order valence-electron chi connectivity index (χ3n) is 2.75. The molecule has 0 bridgehead atoms. The number of benzene rings is 1. The fourth-order valence-electron chi connectivity index (χ4n) is 1.86. The van der Waals surface area contributed by atoms with Crippen LogP contribution in [0, 0.1) is 5.82 Å². The van der Waals surface area contributed by atoms with E-state index in [1.165, 1.54) is 19.2 Å². The first kappa shape index (κ1) is 14.5. The van der Waals surface area contributed by atoms with Crippen LogP contribution in [0.4, 0.5) is 17.6 Å². The van der Waals surface area contributed by atoms with Crippen molar-refractivity contribution < 1.29 is 17.6 Å². The molecular formula is C13H13F4N3. The van der Waals surface area contributed by atoms with Crippen LogP contribution in [0.15, 0.2) is 30.3 Å². The number of rotatable bonds is 4. The summed E-state index contributed by atoms with van der Waals surface area (Å²) >= 11 is 0. The SMILES string of the molecule is Cn1nc(CNCc2cccc(F)c2)cc1C(F)(F)F. The molecule has 0 spiro atoms. The molecule has 0 radical (unpaired) electrons. The van der Waals surface area contributed by atoms with Gasteiger partial charge < -0.3 is 5.32 Å². The minimum atomic E-state index is -4.41. The average Bonchev–Trinajstić information content (AvgIpc) is 2.70. The van der Waals surface area contributed by atoms with Crippen LogP contribution < -0.4 is 5.32 Å². The molecule has 1 aromatic carbocycles. The Labute approximate surface area is 113 Å². The summed E-state index contributed by atoms with van der Waals surface area (Å²) in [5, 5.41) is 6.71. The van der Waals surface area contributed by atoms with Crippen LogP contribution in [0.5, 0.6) is 0 Å². The average molecular weight is 287 g/mol. The standard InChI is InChI=1S/C13H13F4N3/c1-20-12(13(15,16)17)6-11(19-20)8-18-7-9-3-2-4-10(14)5-9/h2-6,18H,7-8H2,1H3. The van der Waals surface area contributed by atoms with Gasteiger partial charge in [0.25, 0.3) is 0 Å².